The number of nitrogens with two attached hydrogens (primary N) is 1. The monoisotopic (exact) mass is 242 g/mol. The van der Waals surface area contributed by atoms with Crippen LogP contribution < -0.4 is 11.1 Å². The maximum atomic E-state index is 11.6. The molecule has 1 atom stereocenters. The molecule has 18 heavy (non-hydrogen) atoms. The van der Waals surface area contributed by atoms with Gasteiger partial charge in [0.25, 0.3) is 0 Å². The van der Waals surface area contributed by atoms with Crippen LogP contribution in [0.3, 0.4) is 0 Å². The van der Waals surface area contributed by atoms with Crippen LogP contribution >= 0.6 is 0 Å². The quantitative estimate of drug-likeness (QED) is 0.831. The van der Waals surface area contributed by atoms with Crippen LogP contribution in [-0.4, -0.2) is 12.5 Å². The highest BCUT2D eigenvalue weighted by Crippen LogP contribution is 2.15. The van der Waals surface area contributed by atoms with Crippen LogP contribution in [0.1, 0.15) is 24.5 Å². The highest BCUT2D eigenvalue weighted by atomic mass is 16.1. The number of benzene rings is 1. The first-order valence-corrected chi connectivity index (χ1v) is 5.55. The Balaban J connectivity index is 2.78. The Morgan fingerprint density at radius 2 is 2.06 bits per heavy atom. The molecule has 0 bridgehead atoms. The summed E-state index contributed by atoms with van der Waals surface area (Å²) in [5, 5.41) is 20.3. The fourth-order valence-corrected chi connectivity index (χ4v) is 1.42. The number of nitrogens with one attached hydrogen (secondary N) is 1. The Labute approximate surface area is 106 Å². The van der Waals surface area contributed by atoms with Gasteiger partial charge in [-0.15, -0.1) is 0 Å². The number of carbonyl (C=O) groups is 1. The Hall–Kier alpha value is -2.37. The van der Waals surface area contributed by atoms with Gasteiger partial charge in [0, 0.05) is 12.1 Å². The highest BCUT2D eigenvalue weighted by Gasteiger charge is 2.09. The van der Waals surface area contributed by atoms with E-state index in [4.69, 9.17) is 16.3 Å². The summed E-state index contributed by atoms with van der Waals surface area (Å²) < 4.78 is 0. The first kappa shape index (κ1) is 13.7. The zero-order chi connectivity index (χ0) is 13.5. The first-order valence-electron chi connectivity index (χ1n) is 5.55. The molecular formula is C13H14N4O. The molecule has 0 spiro atoms. The van der Waals surface area contributed by atoms with Crippen molar-refractivity contribution in [3.05, 3.63) is 29.3 Å². The SMILES string of the molecule is CC(CN)CC(=O)Nc1ccc(C#N)c(C#N)c1. The third-order valence-electron chi connectivity index (χ3n) is 2.48. The molecule has 1 rings (SSSR count). The van der Waals surface area contributed by atoms with E-state index in [1.807, 2.05) is 19.1 Å². The first-order chi connectivity index (χ1) is 8.60. The second-order valence-electron chi connectivity index (χ2n) is 4.08. The molecule has 0 radical (unpaired) electrons. The molecule has 0 aliphatic rings. The van der Waals surface area contributed by atoms with Crippen molar-refractivity contribution in [3.63, 3.8) is 0 Å². The van der Waals surface area contributed by atoms with Gasteiger partial charge >= 0.3 is 0 Å². The number of hydrogen-bond acceptors (Lipinski definition) is 4. The molecule has 1 aromatic rings. The summed E-state index contributed by atoms with van der Waals surface area (Å²) in [7, 11) is 0. The summed E-state index contributed by atoms with van der Waals surface area (Å²) in [6.07, 6.45) is 0.332. The number of amides is 1. The molecule has 1 aromatic carbocycles. The molecule has 0 aliphatic heterocycles. The summed E-state index contributed by atoms with van der Waals surface area (Å²) in [5.41, 5.74) is 6.50. The van der Waals surface area contributed by atoms with Crippen LogP contribution in [-0.2, 0) is 4.79 Å². The maximum absolute atomic E-state index is 11.6. The number of rotatable bonds is 4. The lowest BCUT2D eigenvalue weighted by Crippen LogP contribution is -2.20. The van der Waals surface area contributed by atoms with E-state index in [1.54, 1.807) is 6.07 Å². The molecule has 1 unspecified atom stereocenters. The number of nitrogens with zero attached hydrogens (tertiary/aromatic N) is 2. The van der Waals surface area contributed by atoms with E-state index < -0.39 is 0 Å². The summed E-state index contributed by atoms with van der Waals surface area (Å²) in [4.78, 5) is 11.6. The van der Waals surface area contributed by atoms with Gasteiger partial charge in [-0.2, -0.15) is 10.5 Å². The van der Waals surface area contributed by atoms with E-state index in [9.17, 15) is 4.79 Å². The van der Waals surface area contributed by atoms with E-state index >= 15 is 0 Å². The Morgan fingerprint density at radius 3 is 2.61 bits per heavy atom. The molecule has 0 saturated carbocycles. The third kappa shape index (κ3) is 3.58. The second kappa shape index (κ2) is 6.39. The summed E-state index contributed by atoms with van der Waals surface area (Å²) in [5.74, 6) is -0.0413. The minimum absolute atomic E-state index is 0.110. The lowest BCUT2D eigenvalue weighted by molar-refractivity contribution is -0.116. The van der Waals surface area contributed by atoms with Gasteiger partial charge in [0.15, 0.2) is 0 Å². The maximum Gasteiger partial charge on any atom is 0.224 e. The average Bonchev–Trinajstić information content (AvgIpc) is 2.38. The zero-order valence-electron chi connectivity index (χ0n) is 10.1. The fourth-order valence-electron chi connectivity index (χ4n) is 1.42. The fraction of sp³-hybridized carbons (Fsp3) is 0.308. The van der Waals surface area contributed by atoms with Gasteiger partial charge in [-0.25, -0.2) is 0 Å². The molecule has 5 nitrogen and oxygen atoms in total. The van der Waals surface area contributed by atoms with E-state index in [0.29, 0.717) is 24.2 Å². The van der Waals surface area contributed by atoms with Crippen molar-refractivity contribution in [1.82, 2.24) is 0 Å². The summed E-state index contributed by atoms with van der Waals surface area (Å²) in [6.45, 7) is 2.34. The number of carbonyl (C=O) groups excluding carboxylic acids is 1. The van der Waals surface area contributed by atoms with Crippen molar-refractivity contribution < 1.29 is 4.79 Å². The van der Waals surface area contributed by atoms with Gasteiger partial charge in [0.05, 0.1) is 11.1 Å². The largest absolute Gasteiger partial charge is 0.330 e. The highest BCUT2D eigenvalue weighted by molar-refractivity contribution is 5.91. The molecule has 0 heterocycles. The molecule has 3 N–H and O–H groups in total. The lowest BCUT2D eigenvalue weighted by atomic mass is 10.1. The van der Waals surface area contributed by atoms with E-state index in [-0.39, 0.29) is 17.4 Å². The van der Waals surface area contributed by atoms with Gasteiger partial charge in [0.1, 0.15) is 12.1 Å². The van der Waals surface area contributed by atoms with Gasteiger partial charge in [0.2, 0.25) is 5.91 Å². The molecule has 0 saturated heterocycles. The smallest absolute Gasteiger partial charge is 0.224 e. The van der Waals surface area contributed by atoms with Crippen LogP contribution in [0, 0.1) is 28.6 Å². The van der Waals surface area contributed by atoms with Crippen molar-refractivity contribution in [1.29, 1.82) is 10.5 Å². The predicted molar refractivity (Wildman–Crippen MR) is 67.3 cm³/mol. The summed E-state index contributed by atoms with van der Waals surface area (Å²) >= 11 is 0. The van der Waals surface area contributed by atoms with Crippen LogP contribution in [0.2, 0.25) is 0 Å². The third-order valence-corrected chi connectivity index (χ3v) is 2.48. The second-order valence-corrected chi connectivity index (χ2v) is 4.08. The van der Waals surface area contributed by atoms with Crippen molar-refractivity contribution in [2.75, 3.05) is 11.9 Å². The standard InChI is InChI=1S/C13H14N4O/c1-9(6-14)4-13(18)17-12-3-2-10(7-15)11(5-12)8-16/h2-3,5,9H,4,6,14H2,1H3,(H,17,18). The molecule has 0 fully saturated rings. The molecule has 92 valence electrons. The Morgan fingerprint density at radius 1 is 1.39 bits per heavy atom. The molecular weight excluding hydrogens is 228 g/mol. The van der Waals surface area contributed by atoms with Gasteiger partial charge < -0.3 is 11.1 Å². The van der Waals surface area contributed by atoms with Crippen LogP contribution in [0.25, 0.3) is 0 Å². The number of anilines is 1. The number of nitriles is 2. The minimum Gasteiger partial charge on any atom is -0.330 e. The predicted octanol–water partition coefficient (Wildman–Crippen LogP) is 1.35. The Bertz CT molecular complexity index is 525. The minimum atomic E-state index is -0.151. The van der Waals surface area contributed by atoms with Gasteiger partial charge in [-0.1, -0.05) is 6.92 Å². The number of hydrogen-bond donors (Lipinski definition) is 2. The van der Waals surface area contributed by atoms with Crippen molar-refractivity contribution in [3.8, 4) is 12.1 Å². The van der Waals surface area contributed by atoms with E-state index in [1.165, 1.54) is 12.1 Å². The van der Waals surface area contributed by atoms with E-state index in [2.05, 4.69) is 5.32 Å². The van der Waals surface area contributed by atoms with Crippen molar-refractivity contribution >= 4 is 11.6 Å². The summed E-state index contributed by atoms with van der Waals surface area (Å²) in [6, 6.07) is 8.44. The Kier molecular flexibility index (Phi) is 4.86. The van der Waals surface area contributed by atoms with Gasteiger partial charge in [-0.3, -0.25) is 4.79 Å². The molecule has 1 amide bonds. The van der Waals surface area contributed by atoms with Crippen LogP contribution in [0.4, 0.5) is 5.69 Å². The van der Waals surface area contributed by atoms with Crippen LogP contribution in [0.5, 0.6) is 0 Å². The van der Waals surface area contributed by atoms with Crippen molar-refractivity contribution in [2.24, 2.45) is 11.7 Å². The topological polar surface area (TPSA) is 103 Å². The van der Waals surface area contributed by atoms with Crippen LogP contribution in [0.15, 0.2) is 18.2 Å². The molecule has 5 heteroatoms. The molecule has 0 aliphatic carbocycles. The average molecular weight is 242 g/mol. The van der Waals surface area contributed by atoms with Gasteiger partial charge in [-0.05, 0) is 30.7 Å². The normalized spacial score (nSPS) is 11.1. The van der Waals surface area contributed by atoms with E-state index in [0.717, 1.165) is 0 Å². The zero-order valence-corrected chi connectivity index (χ0v) is 10.1. The lowest BCUT2D eigenvalue weighted by Gasteiger charge is -2.09. The van der Waals surface area contributed by atoms with Crippen molar-refractivity contribution in [2.45, 2.75) is 13.3 Å². The molecule has 0 aromatic heterocycles.